The minimum absolute atomic E-state index is 0.188. The molecule has 0 aliphatic heterocycles. The Morgan fingerprint density at radius 2 is 2.00 bits per heavy atom. The fraction of sp³-hybridized carbons (Fsp3) is 0.889. The Balaban J connectivity index is 3.25. The van der Waals surface area contributed by atoms with E-state index in [1.54, 1.807) is 6.92 Å². The van der Waals surface area contributed by atoms with Gasteiger partial charge in [0.05, 0.1) is 5.92 Å². The summed E-state index contributed by atoms with van der Waals surface area (Å²) >= 11 is 0. The van der Waals surface area contributed by atoms with Gasteiger partial charge in [-0.3, -0.25) is 4.79 Å². The highest BCUT2D eigenvalue weighted by atomic mass is 16.4. The van der Waals surface area contributed by atoms with Gasteiger partial charge in [0.15, 0.2) is 0 Å². The van der Waals surface area contributed by atoms with Crippen LogP contribution in [0.15, 0.2) is 0 Å². The molecule has 0 rings (SSSR count). The van der Waals surface area contributed by atoms with Crippen molar-refractivity contribution in [2.75, 3.05) is 20.6 Å². The molecule has 0 aliphatic rings. The van der Waals surface area contributed by atoms with E-state index in [9.17, 15) is 4.79 Å². The van der Waals surface area contributed by atoms with Crippen molar-refractivity contribution >= 4 is 5.97 Å². The third kappa shape index (κ3) is 6.16. The number of hydrogen-bond acceptors (Lipinski definition) is 2. The van der Waals surface area contributed by atoms with Crippen molar-refractivity contribution in [3.63, 3.8) is 0 Å². The Bertz CT molecular complexity index is 134. The monoisotopic (exact) mass is 173 g/mol. The number of hydrogen-bond donors (Lipinski definition) is 1. The van der Waals surface area contributed by atoms with Crippen molar-refractivity contribution in [3.05, 3.63) is 0 Å². The van der Waals surface area contributed by atoms with E-state index in [2.05, 4.69) is 4.90 Å². The molecule has 0 aromatic carbocycles. The molecular weight excluding hydrogens is 154 g/mol. The van der Waals surface area contributed by atoms with Gasteiger partial charge in [0.1, 0.15) is 0 Å². The zero-order chi connectivity index (χ0) is 9.56. The van der Waals surface area contributed by atoms with Gasteiger partial charge < -0.3 is 10.0 Å². The summed E-state index contributed by atoms with van der Waals surface area (Å²) in [6.45, 7) is 2.81. The summed E-state index contributed by atoms with van der Waals surface area (Å²) in [6, 6.07) is 0. The number of carboxylic acid groups (broad SMARTS) is 1. The highest BCUT2D eigenvalue weighted by molar-refractivity contribution is 5.69. The maximum absolute atomic E-state index is 10.4. The lowest BCUT2D eigenvalue weighted by molar-refractivity contribution is -0.141. The highest BCUT2D eigenvalue weighted by Gasteiger charge is 2.09. The Hall–Kier alpha value is -0.570. The van der Waals surface area contributed by atoms with Crippen LogP contribution in [0.2, 0.25) is 0 Å². The van der Waals surface area contributed by atoms with Crippen LogP contribution in [-0.2, 0) is 4.79 Å². The lowest BCUT2D eigenvalue weighted by Gasteiger charge is -2.09. The van der Waals surface area contributed by atoms with Crippen molar-refractivity contribution in [2.45, 2.75) is 26.2 Å². The molecule has 0 aromatic heterocycles. The van der Waals surface area contributed by atoms with Crippen molar-refractivity contribution in [1.29, 1.82) is 0 Å². The first kappa shape index (κ1) is 11.4. The van der Waals surface area contributed by atoms with Crippen molar-refractivity contribution in [2.24, 2.45) is 5.92 Å². The zero-order valence-electron chi connectivity index (χ0n) is 8.21. The van der Waals surface area contributed by atoms with Crippen molar-refractivity contribution in [1.82, 2.24) is 4.90 Å². The number of carboxylic acids is 1. The van der Waals surface area contributed by atoms with Crippen LogP contribution in [0, 0.1) is 5.92 Å². The summed E-state index contributed by atoms with van der Waals surface area (Å²) in [4.78, 5) is 12.5. The molecule has 72 valence electrons. The molecule has 12 heavy (non-hydrogen) atoms. The number of aliphatic carboxylic acids is 1. The first-order chi connectivity index (χ1) is 5.54. The summed E-state index contributed by atoms with van der Waals surface area (Å²) < 4.78 is 0. The van der Waals surface area contributed by atoms with E-state index in [0.717, 1.165) is 25.8 Å². The van der Waals surface area contributed by atoms with Gasteiger partial charge in [0, 0.05) is 0 Å². The maximum Gasteiger partial charge on any atom is 0.306 e. The Labute approximate surface area is 74.4 Å². The molecule has 0 unspecified atom stereocenters. The van der Waals surface area contributed by atoms with E-state index in [-0.39, 0.29) is 5.92 Å². The minimum atomic E-state index is -0.681. The summed E-state index contributed by atoms with van der Waals surface area (Å²) in [6.07, 6.45) is 2.89. The van der Waals surface area contributed by atoms with Crippen LogP contribution < -0.4 is 0 Å². The largest absolute Gasteiger partial charge is 0.481 e. The van der Waals surface area contributed by atoms with Gasteiger partial charge in [-0.15, -0.1) is 0 Å². The predicted molar refractivity (Wildman–Crippen MR) is 49.2 cm³/mol. The third-order valence-electron chi connectivity index (χ3n) is 1.91. The average molecular weight is 173 g/mol. The smallest absolute Gasteiger partial charge is 0.306 e. The predicted octanol–water partition coefficient (Wildman–Crippen LogP) is 1.44. The average Bonchev–Trinajstić information content (AvgIpc) is 1.97. The fourth-order valence-electron chi connectivity index (χ4n) is 1.00. The number of carbonyl (C=O) groups is 1. The lowest BCUT2D eigenvalue weighted by atomic mass is 10.0. The Morgan fingerprint density at radius 1 is 1.42 bits per heavy atom. The molecule has 0 saturated carbocycles. The topological polar surface area (TPSA) is 40.5 Å². The zero-order valence-corrected chi connectivity index (χ0v) is 8.21. The van der Waals surface area contributed by atoms with Crippen molar-refractivity contribution in [3.8, 4) is 0 Å². The second-order valence-corrected chi connectivity index (χ2v) is 3.54. The second-order valence-electron chi connectivity index (χ2n) is 3.54. The van der Waals surface area contributed by atoms with Gasteiger partial charge in [-0.1, -0.05) is 13.3 Å². The summed E-state index contributed by atoms with van der Waals surface area (Å²) in [5.74, 6) is -0.869. The Morgan fingerprint density at radius 3 is 2.42 bits per heavy atom. The van der Waals surface area contributed by atoms with E-state index in [0.29, 0.717) is 0 Å². The van der Waals surface area contributed by atoms with Crippen molar-refractivity contribution < 1.29 is 9.90 Å². The normalized spacial score (nSPS) is 13.3. The van der Waals surface area contributed by atoms with E-state index in [1.807, 2.05) is 14.1 Å². The molecular formula is C9H19NO2. The van der Waals surface area contributed by atoms with Gasteiger partial charge in [0.25, 0.3) is 0 Å². The van der Waals surface area contributed by atoms with Crippen LogP contribution in [0.25, 0.3) is 0 Å². The van der Waals surface area contributed by atoms with Crippen LogP contribution in [0.1, 0.15) is 26.2 Å². The first-order valence-corrected chi connectivity index (χ1v) is 4.41. The van der Waals surface area contributed by atoms with Crippen LogP contribution in [-0.4, -0.2) is 36.6 Å². The SMILES string of the molecule is C[C@@H](CCCCN(C)C)C(=O)O. The molecule has 3 nitrogen and oxygen atoms in total. The molecule has 0 radical (unpaired) electrons. The molecule has 0 saturated heterocycles. The number of rotatable bonds is 6. The standard InChI is InChI=1S/C9H19NO2/c1-8(9(11)12)6-4-5-7-10(2)3/h8H,4-7H2,1-3H3,(H,11,12)/t8-/m0/s1. The number of nitrogens with zero attached hydrogens (tertiary/aromatic N) is 1. The first-order valence-electron chi connectivity index (χ1n) is 4.41. The molecule has 3 heteroatoms. The summed E-state index contributed by atoms with van der Waals surface area (Å²) in [5, 5.41) is 8.58. The molecule has 0 fully saturated rings. The quantitative estimate of drug-likeness (QED) is 0.618. The van der Waals surface area contributed by atoms with Gasteiger partial charge in [0.2, 0.25) is 0 Å². The molecule has 0 spiro atoms. The number of unbranched alkanes of at least 4 members (excludes halogenated alkanes) is 1. The lowest BCUT2D eigenvalue weighted by Crippen LogP contribution is -2.14. The molecule has 0 amide bonds. The maximum atomic E-state index is 10.4. The van der Waals surface area contributed by atoms with Gasteiger partial charge in [-0.2, -0.15) is 0 Å². The molecule has 1 atom stereocenters. The fourth-order valence-corrected chi connectivity index (χ4v) is 1.00. The molecule has 0 aromatic rings. The second kappa shape index (κ2) is 6.00. The van der Waals surface area contributed by atoms with Gasteiger partial charge in [-0.25, -0.2) is 0 Å². The molecule has 0 bridgehead atoms. The van der Waals surface area contributed by atoms with E-state index < -0.39 is 5.97 Å². The van der Waals surface area contributed by atoms with Gasteiger partial charge in [-0.05, 0) is 33.5 Å². The van der Waals surface area contributed by atoms with Crippen LogP contribution >= 0.6 is 0 Å². The molecule has 1 N–H and O–H groups in total. The summed E-state index contributed by atoms with van der Waals surface area (Å²) in [5.41, 5.74) is 0. The van der Waals surface area contributed by atoms with E-state index >= 15 is 0 Å². The highest BCUT2D eigenvalue weighted by Crippen LogP contribution is 2.07. The van der Waals surface area contributed by atoms with Crippen LogP contribution in [0.4, 0.5) is 0 Å². The van der Waals surface area contributed by atoms with E-state index in [1.165, 1.54) is 0 Å². The third-order valence-corrected chi connectivity index (χ3v) is 1.91. The molecule has 0 heterocycles. The van der Waals surface area contributed by atoms with E-state index in [4.69, 9.17) is 5.11 Å². The molecule has 0 aliphatic carbocycles. The van der Waals surface area contributed by atoms with Gasteiger partial charge >= 0.3 is 5.97 Å². The Kier molecular flexibility index (Phi) is 5.72. The summed E-state index contributed by atoms with van der Waals surface area (Å²) in [7, 11) is 4.06. The van der Waals surface area contributed by atoms with Crippen LogP contribution in [0.3, 0.4) is 0 Å². The van der Waals surface area contributed by atoms with Crippen LogP contribution in [0.5, 0.6) is 0 Å². The minimum Gasteiger partial charge on any atom is -0.481 e.